The van der Waals surface area contributed by atoms with E-state index in [9.17, 15) is 9.59 Å². The van der Waals surface area contributed by atoms with Gasteiger partial charge in [0.1, 0.15) is 11.0 Å². The third-order valence-electron chi connectivity index (χ3n) is 5.53. The number of rotatable bonds is 7. The van der Waals surface area contributed by atoms with Crippen molar-refractivity contribution in [2.24, 2.45) is 4.99 Å². The molecule has 178 valence electrons. The summed E-state index contributed by atoms with van der Waals surface area (Å²) in [5.41, 5.74) is 2.17. The summed E-state index contributed by atoms with van der Waals surface area (Å²) < 4.78 is 16.2. The van der Waals surface area contributed by atoms with Gasteiger partial charge in [-0.1, -0.05) is 48.2 Å². The van der Waals surface area contributed by atoms with Gasteiger partial charge in [0.05, 0.1) is 25.0 Å². The quantitative estimate of drug-likeness (QED) is 0.522. The van der Waals surface area contributed by atoms with E-state index >= 15 is 0 Å². The van der Waals surface area contributed by atoms with Crippen molar-refractivity contribution in [3.8, 4) is 17.2 Å². The van der Waals surface area contributed by atoms with Crippen LogP contribution in [0.2, 0.25) is 0 Å². The maximum atomic E-state index is 13.4. The second kappa shape index (κ2) is 10.1. The average Bonchev–Trinajstić information content (AvgIpc) is 3.45. The number of benzene rings is 3. The first-order valence-electron chi connectivity index (χ1n) is 11.0. The monoisotopic (exact) mass is 489 g/mol. The number of carbonyl (C=O) groups is 2. The summed E-state index contributed by atoms with van der Waals surface area (Å²) in [7, 11) is 1.54. The number of thioether (sulfide) groups is 1. The molecule has 1 N–H and O–H groups in total. The van der Waals surface area contributed by atoms with Crippen LogP contribution in [0.25, 0.3) is 0 Å². The van der Waals surface area contributed by atoms with Crippen molar-refractivity contribution in [1.29, 1.82) is 0 Å². The van der Waals surface area contributed by atoms with Crippen LogP contribution in [0.5, 0.6) is 17.2 Å². The van der Waals surface area contributed by atoms with E-state index in [1.54, 1.807) is 24.1 Å². The molecule has 3 aromatic carbocycles. The van der Waals surface area contributed by atoms with E-state index in [0.717, 1.165) is 11.3 Å². The van der Waals surface area contributed by atoms with Crippen molar-refractivity contribution in [2.75, 3.05) is 19.2 Å². The lowest BCUT2D eigenvalue weighted by molar-refractivity contribution is -0.128. The molecule has 0 bridgehead atoms. The summed E-state index contributed by atoms with van der Waals surface area (Å²) in [5.74, 6) is 1.44. The summed E-state index contributed by atoms with van der Waals surface area (Å²) >= 11 is 1.29. The van der Waals surface area contributed by atoms with Crippen LogP contribution < -0.4 is 19.5 Å². The fraction of sp³-hybridized carbons (Fsp3) is 0.192. The Morgan fingerprint density at radius 2 is 1.86 bits per heavy atom. The van der Waals surface area contributed by atoms with Crippen LogP contribution in [0.15, 0.2) is 77.8 Å². The molecule has 5 rings (SSSR count). The third kappa shape index (κ3) is 5.09. The number of amides is 2. The first-order valence-corrected chi connectivity index (χ1v) is 11.9. The summed E-state index contributed by atoms with van der Waals surface area (Å²) in [6.07, 6.45) is 0.00694. The number of para-hydroxylation sites is 3. The predicted molar refractivity (Wildman–Crippen MR) is 134 cm³/mol. The van der Waals surface area contributed by atoms with Gasteiger partial charge in [0.2, 0.25) is 18.6 Å². The van der Waals surface area contributed by atoms with Crippen molar-refractivity contribution in [3.63, 3.8) is 0 Å². The SMILES string of the molecule is COc1ccccc1NC(=O)CC1SC(=Nc2ccccc2)N(Cc2ccc3c(c2)OCO3)C1=O. The zero-order valence-corrected chi connectivity index (χ0v) is 19.8. The fourth-order valence-electron chi connectivity index (χ4n) is 3.82. The Morgan fingerprint density at radius 3 is 2.69 bits per heavy atom. The van der Waals surface area contributed by atoms with Gasteiger partial charge in [0, 0.05) is 6.42 Å². The zero-order chi connectivity index (χ0) is 24.2. The normalized spacial score (nSPS) is 17.6. The Balaban J connectivity index is 1.36. The number of aliphatic imine (C=N–C) groups is 1. The number of fused-ring (bicyclic) bond motifs is 1. The first kappa shape index (κ1) is 22.8. The molecule has 0 spiro atoms. The molecule has 1 fully saturated rings. The number of methoxy groups -OCH3 is 1. The Bertz CT molecular complexity index is 1280. The van der Waals surface area contributed by atoms with Crippen LogP contribution in [0, 0.1) is 0 Å². The van der Waals surface area contributed by atoms with Gasteiger partial charge in [-0.15, -0.1) is 0 Å². The Labute approximate surface area is 206 Å². The Morgan fingerprint density at radius 1 is 1.09 bits per heavy atom. The molecular weight excluding hydrogens is 466 g/mol. The summed E-state index contributed by atoms with van der Waals surface area (Å²) in [6.45, 7) is 0.486. The van der Waals surface area contributed by atoms with E-state index in [1.807, 2.05) is 60.7 Å². The number of anilines is 1. The van der Waals surface area contributed by atoms with Crippen LogP contribution in [-0.2, 0) is 16.1 Å². The van der Waals surface area contributed by atoms with Crippen LogP contribution in [0.1, 0.15) is 12.0 Å². The minimum absolute atomic E-state index is 0.00694. The number of carbonyl (C=O) groups excluding carboxylic acids is 2. The van der Waals surface area contributed by atoms with Crippen LogP contribution >= 0.6 is 11.8 Å². The molecule has 1 unspecified atom stereocenters. The number of hydrogen-bond donors (Lipinski definition) is 1. The van der Waals surface area contributed by atoms with Gasteiger partial charge in [0.15, 0.2) is 16.7 Å². The molecular formula is C26H23N3O5S. The fourth-order valence-corrected chi connectivity index (χ4v) is 4.98. The van der Waals surface area contributed by atoms with Crippen molar-refractivity contribution in [2.45, 2.75) is 18.2 Å². The van der Waals surface area contributed by atoms with E-state index in [1.165, 1.54) is 11.8 Å². The standard InChI is InChI=1S/C26H23N3O5S/c1-32-20-10-6-5-9-19(20)28-24(30)14-23-25(31)29(26(35-23)27-18-7-3-2-4-8-18)15-17-11-12-21-22(13-17)34-16-33-21/h2-13,23H,14-16H2,1H3,(H,28,30). The predicted octanol–water partition coefficient (Wildman–Crippen LogP) is 4.58. The van der Waals surface area contributed by atoms with Gasteiger partial charge in [0.25, 0.3) is 0 Å². The molecule has 0 saturated carbocycles. The van der Waals surface area contributed by atoms with Crippen molar-refractivity contribution < 1.29 is 23.8 Å². The third-order valence-corrected chi connectivity index (χ3v) is 6.71. The summed E-state index contributed by atoms with van der Waals surface area (Å²) in [4.78, 5) is 32.6. The van der Waals surface area contributed by atoms with E-state index in [2.05, 4.69) is 5.32 Å². The van der Waals surface area contributed by atoms with Gasteiger partial charge in [-0.25, -0.2) is 4.99 Å². The minimum atomic E-state index is -0.596. The summed E-state index contributed by atoms with van der Waals surface area (Å²) in [6, 6.07) is 22.2. The van der Waals surface area contributed by atoms with E-state index in [-0.39, 0.29) is 25.0 Å². The van der Waals surface area contributed by atoms with Crippen molar-refractivity contribution in [3.05, 3.63) is 78.4 Å². The number of nitrogens with zero attached hydrogens (tertiary/aromatic N) is 2. The molecule has 3 aromatic rings. The molecule has 9 heteroatoms. The van der Waals surface area contributed by atoms with Gasteiger partial charge >= 0.3 is 0 Å². The highest BCUT2D eigenvalue weighted by Gasteiger charge is 2.39. The minimum Gasteiger partial charge on any atom is -0.495 e. The largest absolute Gasteiger partial charge is 0.495 e. The van der Waals surface area contributed by atoms with Crippen molar-refractivity contribution >= 4 is 40.1 Å². The molecule has 1 atom stereocenters. The highest BCUT2D eigenvalue weighted by Crippen LogP contribution is 2.36. The summed E-state index contributed by atoms with van der Waals surface area (Å²) in [5, 5.41) is 2.80. The lowest BCUT2D eigenvalue weighted by Crippen LogP contribution is -2.33. The maximum absolute atomic E-state index is 13.4. The number of ether oxygens (including phenoxy) is 3. The molecule has 2 aliphatic heterocycles. The number of nitrogens with one attached hydrogen (secondary N) is 1. The highest BCUT2D eigenvalue weighted by molar-refractivity contribution is 8.15. The molecule has 0 aliphatic carbocycles. The molecule has 2 aliphatic rings. The van der Waals surface area contributed by atoms with Crippen molar-refractivity contribution in [1.82, 2.24) is 4.90 Å². The van der Waals surface area contributed by atoms with Gasteiger partial charge in [-0.3, -0.25) is 14.5 Å². The van der Waals surface area contributed by atoms with Gasteiger partial charge in [-0.2, -0.15) is 0 Å². The average molecular weight is 490 g/mol. The van der Waals surface area contributed by atoms with Crippen LogP contribution in [0.4, 0.5) is 11.4 Å². The second-order valence-electron chi connectivity index (χ2n) is 7.90. The molecule has 0 aromatic heterocycles. The topological polar surface area (TPSA) is 89.5 Å². The molecule has 2 amide bonds. The molecule has 0 radical (unpaired) electrons. The first-order chi connectivity index (χ1) is 17.1. The molecule has 1 saturated heterocycles. The smallest absolute Gasteiger partial charge is 0.242 e. The van der Waals surface area contributed by atoms with Crippen LogP contribution in [-0.4, -0.2) is 41.0 Å². The second-order valence-corrected chi connectivity index (χ2v) is 9.07. The van der Waals surface area contributed by atoms with Gasteiger partial charge < -0.3 is 19.5 Å². The number of hydrogen-bond acceptors (Lipinski definition) is 7. The molecule has 35 heavy (non-hydrogen) atoms. The molecule has 2 heterocycles. The Kier molecular flexibility index (Phi) is 6.58. The highest BCUT2D eigenvalue weighted by atomic mass is 32.2. The van der Waals surface area contributed by atoms with Gasteiger partial charge in [-0.05, 0) is 42.0 Å². The lowest BCUT2D eigenvalue weighted by Gasteiger charge is -2.17. The number of amidine groups is 1. The van der Waals surface area contributed by atoms with Crippen LogP contribution in [0.3, 0.4) is 0 Å². The lowest BCUT2D eigenvalue weighted by atomic mass is 10.1. The zero-order valence-electron chi connectivity index (χ0n) is 19.0. The maximum Gasteiger partial charge on any atom is 0.242 e. The van der Waals surface area contributed by atoms with E-state index in [4.69, 9.17) is 19.2 Å². The Hall–Kier alpha value is -3.98. The van der Waals surface area contributed by atoms with E-state index in [0.29, 0.717) is 34.6 Å². The van der Waals surface area contributed by atoms with E-state index < -0.39 is 5.25 Å². The molecule has 8 nitrogen and oxygen atoms in total.